The topological polar surface area (TPSA) is 32.3 Å². The van der Waals surface area contributed by atoms with Gasteiger partial charge in [-0.15, -0.1) is 0 Å². The molecule has 90 valence electrons. The van der Waals surface area contributed by atoms with Crippen molar-refractivity contribution in [2.24, 2.45) is 0 Å². The average Bonchev–Trinajstić information content (AvgIpc) is 2.77. The van der Waals surface area contributed by atoms with Crippen molar-refractivity contribution in [2.75, 3.05) is 6.61 Å². The summed E-state index contributed by atoms with van der Waals surface area (Å²) in [5.41, 5.74) is 0.00498. The van der Waals surface area contributed by atoms with Crippen molar-refractivity contribution >= 4 is 0 Å². The molecule has 0 aliphatic heterocycles. The van der Waals surface area contributed by atoms with E-state index in [2.05, 4.69) is 19.2 Å². The van der Waals surface area contributed by atoms with Gasteiger partial charge in [0.1, 0.15) is 0 Å². The number of hydrogen-bond acceptors (Lipinski definition) is 2. The highest BCUT2D eigenvalue weighted by Gasteiger charge is 2.30. The first-order chi connectivity index (χ1) is 7.26. The van der Waals surface area contributed by atoms with E-state index >= 15 is 0 Å². The Bertz CT molecular complexity index is 160. The van der Waals surface area contributed by atoms with Crippen LogP contribution in [0.25, 0.3) is 0 Å². The van der Waals surface area contributed by atoms with Gasteiger partial charge >= 0.3 is 0 Å². The van der Waals surface area contributed by atoms with Crippen molar-refractivity contribution in [3.63, 3.8) is 0 Å². The molecule has 1 unspecified atom stereocenters. The van der Waals surface area contributed by atoms with Crippen molar-refractivity contribution in [3.8, 4) is 0 Å². The average molecular weight is 213 g/mol. The third kappa shape index (κ3) is 3.76. The van der Waals surface area contributed by atoms with E-state index in [0.29, 0.717) is 12.6 Å². The van der Waals surface area contributed by atoms with Gasteiger partial charge < -0.3 is 10.4 Å². The van der Waals surface area contributed by atoms with E-state index in [-0.39, 0.29) is 5.54 Å². The maximum atomic E-state index is 9.60. The van der Waals surface area contributed by atoms with Gasteiger partial charge in [0.15, 0.2) is 0 Å². The van der Waals surface area contributed by atoms with Crippen LogP contribution in [0.4, 0.5) is 0 Å². The van der Waals surface area contributed by atoms with Gasteiger partial charge in [-0.3, -0.25) is 0 Å². The minimum Gasteiger partial charge on any atom is -0.394 e. The molecule has 0 saturated heterocycles. The quantitative estimate of drug-likeness (QED) is 0.681. The van der Waals surface area contributed by atoms with Crippen molar-refractivity contribution in [1.82, 2.24) is 5.32 Å². The third-order valence-electron chi connectivity index (χ3n) is 3.85. The molecule has 0 spiro atoms. The Morgan fingerprint density at radius 3 is 2.40 bits per heavy atom. The second-order valence-electron chi connectivity index (χ2n) is 5.02. The van der Waals surface area contributed by atoms with Gasteiger partial charge in [0.2, 0.25) is 0 Å². The van der Waals surface area contributed by atoms with Crippen LogP contribution >= 0.6 is 0 Å². The molecule has 0 radical (unpaired) electrons. The van der Waals surface area contributed by atoms with Crippen LogP contribution in [0.2, 0.25) is 0 Å². The highest BCUT2D eigenvalue weighted by Crippen LogP contribution is 2.25. The lowest BCUT2D eigenvalue weighted by atomic mass is 9.89. The van der Waals surface area contributed by atoms with E-state index < -0.39 is 0 Å². The lowest BCUT2D eigenvalue weighted by Gasteiger charge is -2.35. The number of unbranched alkanes of at least 4 members (excludes halogenated alkanes) is 1. The Morgan fingerprint density at radius 2 is 1.93 bits per heavy atom. The molecule has 0 aromatic heterocycles. The second-order valence-corrected chi connectivity index (χ2v) is 5.02. The lowest BCUT2D eigenvalue weighted by Crippen LogP contribution is -2.52. The summed E-state index contributed by atoms with van der Waals surface area (Å²) in [5, 5.41) is 13.3. The molecule has 2 nitrogen and oxygen atoms in total. The Labute approximate surface area is 94.5 Å². The van der Waals surface area contributed by atoms with Crippen LogP contribution in [-0.4, -0.2) is 23.3 Å². The predicted molar refractivity (Wildman–Crippen MR) is 65.0 cm³/mol. The highest BCUT2D eigenvalue weighted by atomic mass is 16.3. The molecule has 1 aliphatic carbocycles. The summed E-state index contributed by atoms with van der Waals surface area (Å²) >= 11 is 0. The van der Waals surface area contributed by atoms with Gasteiger partial charge in [0.25, 0.3) is 0 Å². The third-order valence-corrected chi connectivity index (χ3v) is 3.85. The van der Waals surface area contributed by atoms with E-state index in [1.54, 1.807) is 0 Å². The first-order valence-electron chi connectivity index (χ1n) is 6.65. The summed E-state index contributed by atoms with van der Waals surface area (Å²) in [6, 6.07) is 0.661. The number of aliphatic hydroxyl groups excluding tert-OH is 1. The van der Waals surface area contributed by atoms with E-state index in [0.717, 1.165) is 12.8 Å². The number of hydrogen-bond donors (Lipinski definition) is 2. The number of rotatable bonds is 7. The molecular formula is C13H27NO. The highest BCUT2D eigenvalue weighted by molar-refractivity contribution is 4.90. The van der Waals surface area contributed by atoms with Crippen LogP contribution in [0.15, 0.2) is 0 Å². The summed E-state index contributed by atoms with van der Waals surface area (Å²) < 4.78 is 0. The summed E-state index contributed by atoms with van der Waals surface area (Å²) in [6.45, 7) is 4.70. The first kappa shape index (κ1) is 13.0. The summed E-state index contributed by atoms with van der Waals surface area (Å²) in [6.07, 6.45) is 9.91. The fraction of sp³-hybridized carbons (Fsp3) is 1.00. The Kier molecular flexibility index (Phi) is 5.62. The van der Waals surface area contributed by atoms with Crippen LogP contribution in [-0.2, 0) is 0 Å². The zero-order valence-electron chi connectivity index (χ0n) is 10.4. The van der Waals surface area contributed by atoms with Gasteiger partial charge in [0.05, 0.1) is 6.61 Å². The lowest BCUT2D eigenvalue weighted by molar-refractivity contribution is 0.131. The Balaban J connectivity index is 2.45. The molecule has 0 aromatic rings. The number of aliphatic hydroxyl groups is 1. The molecule has 0 heterocycles. The van der Waals surface area contributed by atoms with Crippen LogP contribution < -0.4 is 5.32 Å². The van der Waals surface area contributed by atoms with E-state index in [4.69, 9.17) is 0 Å². The van der Waals surface area contributed by atoms with Crippen molar-refractivity contribution in [3.05, 3.63) is 0 Å². The predicted octanol–water partition coefficient (Wildman–Crippen LogP) is 2.85. The van der Waals surface area contributed by atoms with Crippen LogP contribution in [0.5, 0.6) is 0 Å². The van der Waals surface area contributed by atoms with E-state index in [1.807, 2.05) is 0 Å². The zero-order valence-corrected chi connectivity index (χ0v) is 10.4. The number of nitrogens with one attached hydrogen (secondary N) is 1. The van der Waals surface area contributed by atoms with Gasteiger partial charge in [-0.2, -0.15) is 0 Å². The fourth-order valence-electron chi connectivity index (χ4n) is 2.61. The smallest absolute Gasteiger partial charge is 0.0613 e. The minimum atomic E-state index is 0.00498. The second kappa shape index (κ2) is 6.49. The van der Waals surface area contributed by atoms with E-state index in [9.17, 15) is 5.11 Å². The standard InChI is InChI=1S/C13H27NO/c1-3-5-10-13(4-2,11-15)14-12-8-6-7-9-12/h12,14-15H,3-11H2,1-2H3. The molecule has 0 bridgehead atoms. The fourth-order valence-corrected chi connectivity index (χ4v) is 2.61. The minimum absolute atomic E-state index is 0.00498. The molecule has 1 aliphatic rings. The van der Waals surface area contributed by atoms with Gasteiger partial charge in [-0.1, -0.05) is 39.5 Å². The summed E-state index contributed by atoms with van der Waals surface area (Å²) in [7, 11) is 0. The van der Waals surface area contributed by atoms with Crippen LogP contribution in [0.1, 0.15) is 65.2 Å². The summed E-state index contributed by atoms with van der Waals surface area (Å²) in [5.74, 6) is 0. The zero-order chi connectivity index (χ0) is 11.1. The van der Waals surface area contributed by atoms with Crippen molar-refractivity contribution < 1.29 is 5.11 Å². The summed E-state index contributed by atoms with van der Waals surface area (Å²) in [4.78, 5) is 0. The SMILES string of the molecule is CCCCC(CC)(CO)NC1CCCC1. The van der Waals surface area contributed by atoms with E-state index in [1.165, 1.54) is 38.5 Å². The van der Waals surface area contributed by atoms with Crippen LogP contribution in [0.3, 0.4) is 0 Å². The molecule has 1 rings (SSSR count). The molecular weight excluding hydrogens is 186 g/mol. The molecule has 0 amide bonds. The molecule has 1 saturated carbocycles. The van der Waals surface area contributed by atoms with Crippen molar-refractivity contribution in [1.29, 1.82) is 0 Å². The largest absolute Gasteiger partial charge is 0.394 e. The normalized spacial score (nSPS) is 21.8. The van der Waals surface area contributed by atoms with Gasteiger partial charge in [-0.25, -0.2) is 0 Å². The molecule has 2 heteroatoms. The first-order valence-corrected chi connectivity index (χ1v) is 6.65. The Hall–Kier alpha value is -0.0800. The van der Waals surface area contributed by atoms with Gasteiger partial charge in [-0.05, 0) is 25.7 Å². The van der Waals surface area contributed by atoms with Crippen LogP contribution in [0, 0.1) is 0 Å². The molecule has 2 N–H and O–H groups in total. The van der Waals surface area contributed by atoms with Gasteiger partial charge in [0, 0.05) is 11.6 Å². The molecule has 1 fully saturated rings. The van der Waals surface area contributed by atoms with Crippen molar-refractivity contribution in [2.45, 2.75) is 76.8 Å². The monoisotopic (exact) mass is 213 g/mol. The molecule has 15 heavy (non-hydrogen) atoms. The Morgan fingerprint density at radius 1 is 1.27 bits per heavy atom. The maximum absolute atomic E-state index is 9.60. The molecule has 0 aromatic carbocycles. The maximum Gasteiger partial charge on any atom is 0.0613 e. The molecule has 1 atom stereocenters.